The van der Waals surface area contributed by atoms with E-state index in [0.29, 0.717) is 5.69 Å². The molecular weight excluding hydrogens is 358 g/mol. The van der Waals surface area contributed by atoms with E-state index in [1.165, 1.54) is 70.6 Å². The van der Waals surface area contributed by atoms with Crippen LogP contribution in [-0.2, 0) is 0 Å². The van der Waals surface area contributed by atoms with Gasteiger partial charge in [-0.15, -0.1) is 0 Å². The number of hydrogen-bond acceptors (Lipinski definition) is 3. The molecule has 2 fully saturated rings. The van der Waals surface area contributed by atoms with Crippen molar-refractivity contribution in [3.8, 4) is 0 Å². The van der Waals surface area contributed by atoms with E-state index < -0.39 is 0 Å². The topological polar surface area (TPSA) is 54.0 Å². The Bertz CT molecular complexity index is 661. The van der Waals surface area contributed by atoms with Crippen LogP contribution in [0.1, 0.15) is 113 Å². The average molecular weight is 400 g/mol. The smallest absolute Gasteiger partial charge is 0.270 e. The molecule has 0 spiro atoms. The van der Waals surface area contributed by atoms with E-state index in [4.69, 9.17) is 0 Å². The van der Waals surface area contributed by atoms with Gasteiger partial charge >= 0.3 is 0 Å². The Morgan fingerprint density at radius 1 is 0.966 bits per heavy atom. The molecule has 29 heavy (non-hydrogen) atoms. The number of unbranched alkanes of at least 4 members (excludes halogenated alkanes) is 7. The maximum Gasteiger partial charge on any atom is 0.270 e. The molecular formula is C25H41N3O. The highest BCUT2D eigenvalue weighted by Crippen LogP contribution is 2.48. The van der Waals surface area contributed by atoms with Gasteiger partial charge in [0.1, 0.15) is 5.69 Å². The number of nitrogens with one attached hydrogen (secondary N) is 2. The number of hydrogen-bond donors (Lipinski definition) is 2. The van der Waals surface area contributed by atoms with E-state index in [9.17, 15) is 4.79 Å². The van der Waals surface area contributed by atoms with Crippen molar-refractivity contribution in [1.29, 1.82) is 0 Å². The standard InChI is InChI=1S/C25H41N3O/c1-3-4-5-6-7-8-9-10-19-26-24-15-12-16-25(20-24,18-17-24)28-23(29)22-14-11-13-21(2)27-22/h11,13-14,26H,3-10,12,15-20H2,1-2H3,(H,28,29)/t24-,25+/m0/s1. The summed E-state index contributed by atoms with van der Waals surface area (Å²) in [7, 11) is 0. The second-order valence-corrected chi connectivity index (χ2v) is 9.61. The van der Waals surface area contributed by atoms with Crippen molar-refractivity contribution in [1.82, 2.24) is 15.6 Å². The number of aryl methyl sites for hydroxylation is 1. The molecule has 3 rings (SSSR count). The van der Waals surface area contributed by atoms with Crippen LogP contribution in [0, 0.1) is 6.92 Å². The van der Waals surface area contributed by atoms with Gasteiger partial charge in [0.05, 0.1) is 0 Å². The van der Waals surface area contributed by atoms with Crippen molar-refractivity contribution >= 4 is 5.91 Å². The Hall–Kier alpha value is -1.42. The van der Waals surface area contributed by atoms with E-state index in [0.717, 1.165) is 31.5 Å². The van der Waals surface area contributed by atoms with Gasteiger partial charge in [0.2, 0.25) is 0 Å². The molecule has 0 unspecified atom stereocenters. The number of aromatic nitrogens is 1. The summed E-state index contributed by atoms with van der Waals surface area (Å²) >= 11 is 0. The monoisotopic (exact) mass is 399 g/mol. The largest absolute Gasteiger partial charge is 0.345 e. The van der Waals surface area contributed by atoms with Gasteiger partial charge in [-0.25, -0.2) is 4.98 Å². The summed E-state index contributed by atoms with van der Waals surface area (Å²) in [6.07, 6.45) is 17.8. The zero-order chi connectivity index (χ0) is 20.6. The lowest BCUT2D eigenvalue weighted by atomic mass is 9.78. The van der Waals surface area contributed by atoms with Crippen LogP contribution >= 0.6 is 0 Å². The highest BCUT2D eigenvalue weighted by atomic mass is 16.2. The maximum atomic E-state index is 12.8. The molecule has 0 aliphatic heterocycles. The normalized spacial score (nSPS) is 25.9. The van der Waals surface area contributed by atoms with Crippen molar-refractivity contribution in [2.45, 2.75) is 115 Å². The van der Waals surface area contributed by atoms with E-state index in [1.807, 2.05) is 25.1 Å². The zero-order valence-electron chi connectivity index (χ0n) is 18.7. The van der Waals surface area contributed by atoms with Crippen molar-refractivity contribution in [3.63, 3.8) is 0 Å². The fourth-order valence-corrected chi connectivity index (χ4v) is 5.49. The number of fused-ring (bicyclic) bond motifs is 2. The second-order valence-electron chi connectivity index (χ2n) is 9.61. The third-order valence-electron chi connectivity index (χ3n) is 7.10. The predicted molar refractivity (Wildman–Crippen MR) is 120 cm³/mol. The molecule has 0 aromatic carbocycles. The maximum absolute atomic E-state index is 12.8. The fourth-order valence-electron chi connectivity index (χ4n) is 5.49. The van der Waals surface area contributed by atoms with Crippen LogP contribution in [0.5, 0.6) is 0 Å². The fraction of sp³-hybridized carbons (Fsp3) is 0.760. The number of amides is 1. The SMILES string of the molecule is CCCCCCCCCCN[C@@]12CCC[C@@](NC(=O)c3cccc(C)n3)(CC1)C2. The molecule has 2 N–H and O–H groups in total. The summed E-state index contributed by atoms with van der Waals surface area (Å²) < 4.78 is 0. The van der Waals surface area contributed by atoms with Crippen LogP contribution in [0.2, 0.25) is 0 Å². The summed E-state index contributed by atoms with van der Waals surface area (Å²) in [6, 6.07) is 5.68. The summed E-state index contributed by atoms with van der Waals surface area (Å²) in [4.78, 5) is 17.2. The number of rotatable bonds is 12. The number of carbonyl (C=O) groups is 1. The summed E-state index contributed by atoms with van der Waals surface area (Å²) in [5.74, 6) is -0.00512. The van der Waals surface area contributed by atoms with Crippen LogP contribution in [0.25, 0.3) is 0 Å². The Balaban J connectivity index is 1.41. The summed E-state index contributed by atoms with van der Waals surface area (Å²) in [6.45, 7) is 5.34. The van der Waals surface area contributed by atoms with E-state index in [-0.39, 0.29) is 17.0 Å². The second kappa shape index (κ2) is 10.6. The van der Waals surface area contributed by atoms with Crippen molar-refractivity contribution in [3.05, 3.63) is 29.6 Å². The lowest BCUT2D eigenvalue weighted by Crippen LogP contribution is -2.54. The summed E-state index contributed by atoms with van der Waals surface area (Å²) in [5.41, 5.74) is 1.65. The van der Waals surface area contributed by atoms with E-state index in [2.05, 4.69) is 22.5 Å². The molecule has 4 nitrogen and oxygen atoms in total. The molecule has 0 saturated heterocycles. The minimum Gasteiger partial charge on any atom is -0.345 e. The van der Waals surface area contributed by atoms with Gasteiger partial charge in [0.15, 0.2) is 0 Å². The third kappa shape index (κ3) is 6.28. The van der Waals surface area contributed by atoms with Crippen LogP contribution < -0.4 is 10.6 Å². The Kier molecular flexibility index (Phi) is 8.11. The van der Waals surface area contributed by atoms with Crippen LogP contribution in [-0.4, -0.2) is 28.5 Å². The summed E-state index contributed by atoms with van der Waals surface area (Å²) in [5, 5.41) is 7.30. The average Bonchev–Trinajstić information content (AvgIpc) is 2.96. The molecule has 1 amide bonds. The molecule has 4 heteroatoms. The van der Waals surface area contributed by atoms with Crippen molar-refractivity contribution in [2.24, 2.45) is 0 Å². The first-order valence-corrected chi connectivity index (χ1v) is 12.1. The van der Waals surface area contributed by atoms with Gasteiger partial charge in [-0.3, -0.25) is 4.79 Å². The first-order chi connectivity index (χ1) is 14.1. The Morgan fingerprint density at radius 2 is 1.66 bits per heavy atom. The molecule has 2 atom stereocenters. The first kappa shape index (κ1) is 22.3. The molecule has 2 saturated carbocycles. The van der Waals surface area contributed by atoms with Gasteiger partial charge in [-0.05, 0) is 70.5 Å². The predicted octanol–water partition coefficient (Wildman–Crippen LogP) is 5.70. The van der Waals surface area contributed by atoms with E-state index in [1.54, 1.807) is 0 Å². The van der Waals surface area contributed by atoms with Crippen LogP contribution in [0.15, 0.2) is 18.2 Å². The first-order valence-electron chi connectivity index (χ1n) is 12.1. The Labute approximate surface area is 177 Å². The quantitative estimate of drug-likeness (QED) is 0.444. The van der Waals surface area contributed by atoms with Crippen LogP contribution in [0.3, 0.4) is 0 Å². The molecule has 2 aliphatic rings. The van der Waals surface area contributed by atoms with Crippen molar-refractivity contribution in [2.75, 3.05) is 6.54 Å². The van der Waals surface area contributed by atoms with Gasteiger partial charge in [0.25, 0.3) is 5.91 Å². The minimum absolute atomic E-state index is 0.00512. The highest BCUT2D eigenvalue weighted by molar-refractivity contribution is 5.92. The van der Waals surface area contributed by atoms with Gasteiger partial charge in [0, 0.05) is 16.8 Å². The Morgan fingerprint density at radius 3 is 2.41 bits per heavy atom. The van der Waals surface area contributed by atoms with Gasteiger partial charge in [-0.1, -0.05) is 57.9 Å². The number of pyridine rings is 1. The highest BCUT2D eigenvalue weighted by Gasteiger charge is 2.51. The molecule has 2 aliphatic carbocycles. The van der Waals surface area contributed by atoms with Crippen LogP contribution in [0.4, 0.5) is 0 Å². The molecule has 162 valence electrons. The third-order valence-corrected chi connectivity index (χ3v) is 7.10. The molecule has 1 heterocycles. The molecule has 0 radical (unpaired) electrons. The van der Waals surface area contributed by atoms with Crippen molar-refractivity contribution < 1.29 is 4.79 Å². The van der Waals surface area contributed by atoms with Gasteiger partial charge in [-0.2, -0.15) is 0 Å². The molecule has 1 aromatic rings. The minimum atomic E-state index is -0.0347. The lowest BCUT2D eigenvalue weighted by molar-refractivity contribution is 0.0864. The number of nitrogens with zero attached hydrogens (tertiary/aromatic N) is 1. The lowest BCUT2D eigenvalue weighted by Gasteiger charge is -2.40. The number of carbonyl (C=O) groups excluding carboxylic acids is 1. The zero-order valence-corrected chi connectivity index (χ0v) is 18.7. The van der Waals surface area contributed by atoms with E-state index >= 15 is 0 Å². The molecule has 1 aromatic heterocycles. The molecule has 2 bridgehead atoms. The van der Waals surface area contributed by atoms with Gasteiger partial charge < -0.3 is 10.6 Å².